The molecule has 0 amide bonds. The van der Waals surface area contributed by atoms with E-state index in [1.54, 1.807) is 0 Å². The summed E-state index contributed by atoms with van der Waals surface area (Å²) in [5.41, 5.74) is 2.57. The van der Waals surface area contributed by atoms with E-state index in [0.717, 1.165) is 56.8 Å². The zero-order chi connectivity index (χ0) is 16.5. The van der Waals surface area contributed by atoms with Crippen LogP contribution in [0.15, 0.2) is 22.7 Å². The van der Waals surface area contributed by atoms with Gasteiger partial charge in [-0.3, -0.25) is 9.58 Å². The molecule has 1 atom stereocenters. The average molecular weight is 329 g/mol. The van der Waals surface area contributed by atoms with Crippen molar-refractivity contribution in [3.05, 3.63) is 41.1 Å². The number of nitrogens with zero attached hydrogens (tertiary/aromatic N) is 3. The molecule has 130 valence electrons. The Morgan fingerprint density at radius 3 is 2.88 bits per heavy atom. The first-order chi connectivity index (χ1) is 11.7. The molecular formula is C19H27N3O2. The monoisotopic (exact) mass is 329 g/mol. The smallest absolute Gasteiger partial charge is 0.118 e. The molecular weight excluding hydrogens is 302 g/mol. The normalized spacial score (nSPS) is 21.2. The van der Waals surface area contributed by atoms with Gasteiger partial charge in [-0.1, -0.05) is 0 Å². The molecule has 0 saturated heterocycles. The molecule has 24 heavy (non-hydrogen) atoms. The maximum Gasteiger partial charge on any atom is 0.118 e. The van der Waals surface area contributed by atoms with E-state index < -0.39 is 0 Å². The van der Waals surface area contributed by atoms with Crippen LogP contribution in [0, 0.1) is 12.8 Å². The van der Waals surface area contributed by atoms with Gasteiger partial charge in [0.05, 0.1) is 18.8 Å². The molecule has 0 spiro atoms. The van der Waals surface area contributed by atoms with Gasteiger partial charge in [0.2, 0.25) is 0 Å². The molecule has 1 fully saturated rings. The van der Waals surface area contributed by atoms with Crippen LogP contribution in [0.1, 0.15) is 48.5 Å². The first kappa shape index (κ1) is 15.9. The summed E-state index contributed by atoms with van der Waals surface area (Å²) in [6.45, 7) is 9.51. The third-order valence-electron chi connectivity index (χ3n) is 5.03. The van der Waals surface area contributed by atoms with Crippen molar-refractivity contribution in [3.63, 3.8) is 0 Å². The number of ether oxygens (including phenoxy) is 1. The van der Waals surface area contributed by atoms with E-state index in [9.17, 15) is 0 Å². The molecule has 0 aromatic carbocycles. The number of hydrogen-bond acceptors (Lipinski definition) is 4. The van der Waals surface area contributed by atoms with E-state index in [2.05, 4.69) is 28.8 Å². The lowest BCUT2D eigenvalue weighted by Crippen LogP contribution is -2.34. The predicted octanol–water partition coefficient (Wildman–Crippen LogP) is 3.33. The molecule has 0 bridgehead atoms. The van der Waals surface area contributed by atoms with E-state index in [1.807, 2.05) is 13.0 Å². The second-order valence-corrected chi connectivity index (χ2v) is 7.25. The molecule has 4 rings (SSSR count). The summed E-state index contributed by atoms with van der Waals surface area (Å²) in [7, 11) is 0. The lowest BCUT2D eigenvalue weighted by Gasteiger charge is -2.31. The Hall–Kier alpha value is -1.59. The van der Waals surface area contributed by atoms with Crippen molar-refractivity contribution in [3.8, 4) is 0 Å². The summed E-state index contributed by atoms with van der Waals surface area (Å²) in [4.78, 5) is 2.43. The van der Waals surface area contributed by atoms with E-state index in [-0.39, 0.29) is 0 Å². The van der Waals surface area contributed by atoms with Crippen molar-refractivity contribution in [2.45, 2.75) is 52.2 Å². The largest absolute Gasteiger partial charge is 0.465 e. The molecule has 5 heteroatoms. The van der Waals surface area contributed by atoms with Crippen LogP contribution in [-0.2, 0) is 24.4 Å². The fourth-order valence-electron chi connectivity index (χ4n) is 3.50. The molecule has 0 radical (unpaired) electrons. The zero-order valence-electron chi connectivity index (χ0n) is 14.7. The molecule has 0 N–H and O–H groups in total. The Balaban J connectivity index is 1.46. The highest BCUT2D eigenvalue weighted by Crippen LogP contribution is 2.32. The fourth-order valence-corrected chi connectivity index (χ4v) is 3.50. The third kappa shape index (κ3) is 3.57. The van der Waals surface area contributed by atoms with Gasteiger partial charge in [-0.15, -0.1) is 0 Å². The Labute approximate surface area is 143 Å². The van der Waals surface area contributed by atoms with Crippen LogP contribution in [0.4, 0.5) is 0 Å². The van der Waals surface area contributed by atoms with Gasteiger partial charge in [-0.25, -0.2) is 0 Å². The highest BCUT2D eigenvalue weighted by atomic mass is 16.5. The van der Waals surface area contributed by atoms with Gasteiger partial charge in [0, 0.05) is 43.9 Å². The molecule has 1 aliphatic heterocycles. The van der Waals surface area contributed by atoms with Crippen molar-refractivity contribution in [2.24, 2.45) is 5.92 Å². The molecule has 1 saturated carbocycles. The first-order valence-electron chi connectivity index (χ1n) is 9.13. The van der Waals surface area contributed by atoms with E-state index >= 15 is 0 Å². The molecule has 2 aliphatic rings. The van der Waals surface area contributed by atoms with Gasteiger partial charge in [0.25, 0.3) is 0 Å². The summed E-state index contributed by atoms with van der Waals surface area (Å²) in [6, 6.07) is 4.11. The number of hydrogen-bond donors (Lipinski definition) is 0. The van der Waals surface area contributed by atoms with Gasteiger partial charge in [-0.2, -0.15) is 5.10 Å². The summed E-state index contributed by atoms with van der Waals surface area (Å²) >= 11 is 0. The lowest BCUT2D eigenvalue weighted by atomic mass is 9.95. The van der Waals surface area contributed by atoms with Crippen LogP contribution in [0.5, 0.6) is 0 Å². The lowest BCUT2D eigenvalue weighted by molar-refractivity contribution is 0.0873. The second-order valence-electron chi connectivity index (χ2n) is 7.25. The number of furan rings is 1. The Bertz CT molecular complexity index is 687. The summed E-state index contributed by atoms with van der Waals surface area (Å²) in [5, 5.41) is 4.76. The highest BCUT2D eigenvalue weighted by Gasteiger charge is 2.29. The maximum absolute atomic E-state index is 6.01. The van der Waals surface area contributed by atoms with Gasteiger partial charge in [-0.05, 0) is 44.7 Å². The summed E-state index contributed by atoms with van der Waals surface area (Å²) < 4.78 is 13.8. The second kappa shape index (κ2) is 6.73. The summed E-state index contributed by atoms with van der Waals surface area (Å²) in [5.74, 6) is 3.23. The molecule has 1 aliphatic carbocycles. The van der Waals surface area contributed by atoms with Crippen LogP contribution in [-0.4, -0.2) is 34.4 Å². The van der Waals surface area contributed by atoms with Crippen molar-refractivity contribution < 1.29 is 9.15 Å². The quantitative estimate of drug-likeness (QED) is 0.781. The Kier molecular flexibility index (Phi) is 4.46. The SMILES string of the molecule is CCn1cc2c(n1)CN(Cc1ccc(C)o1)C[C@@H]2COCC1CC1. The minimum absolute atomic E-state index is 0.406. The molecule has 2 aromatic rings. The van der Waals surface area contributed by atoms with E-state index in [0.29, 0.717) is 5.92 Å². The van der Waals surface area contributed by atoms with E-state index in [4.69, 9.17) is 14.3 Å². The maximum atomic E-state index is 6.01. The zero-order valence-corrected chi connectivity index (χ0v) is 14.7. The molecule has 5 nitrogen and oxygen atoms in total. The number of aryl methyl sites for hydroxylation is 2. The van der Waals surface area contributed by atoms with Gasteiger partial charge in [0.1, 0.15) is 11.5 Å². The highest BCUT2D eigenvalue weighted by molar-refractivity contribution is 5.25. The molecule has 2 aromatic heterocycles. The van der Waals surface area contributed by atoms with Gasteiger partial charge < -0.3 is 9.15 Å². The third-order valence-corrected chi connectivity index (χ3v) is 5.03. The van der Waals surface area contributed by atoms with Gasteiger partial charge >= 0.3 is 0 Å². The topological polar surface area (TPSA) is 43.4 Å². The number of fused-ring (bicyclic) bond motifs is 1. The Morgan fingerprint density at radius 2 is 2.17 bits per heavy atom. The van der Waals surface area contributed by atoms with Crippen molar-refractivity contribution in [1.82, 2.24) is 14.7 Å². The van der Waals surface area contributed by atoms with Crippen molar-refractivity contribution in [2.75, 3.05) is 19.8 Å². The van der Waals surface area contributed by atoms with Crippen LogP contribution in [0.3, 0.4) is 0 Å². The Morgan fingerprint density at radius 1 is 1.29 bits per heavy atom. The van der Waals surface area contributed by atoms with E-state index in [1.165, 1.54) is 24.1 Å². The fraction of sp³-hybridized carbons (Fsp3) is 0.632. The molecule has 0 unspecified atom stereocenters. The van der Waals surface area contributed by atoms with Crippen LogP contribution in [0.25, 0.3) is 0 Å². The average Bonchev–Trinajstić information content (AvgIpc) is 3.15. The number of aromatic nitrogens is 2. The minimum atomic E-state index is 0.406. The number of rotatable bonds is 7. The minimum Gasteiger partial charge on any atom is -0.465 e. The first-order valence-corrected chi connectivity index (χ1v) is 9.13. The van der Waals surface area contributed by atoms with Crippen LogP contribution in [0.2, 0.25) is 0 Å². The van der Waals surface area contributed by atoms with Crippen LogP contribution < -0.4 is 0 Å². The summed E-state index contributed by atoms with van der Waals surface area (Å²) in [6.07, 6.45) is 4.90. The predicted molar refractivity (Wildman–Crippen MR) is 91.7 cm³/mol. The van der Waals surface area contributed by atoms with Crippen molar-refractivity contribution >= 4 is 0 Å². The standard InChI is InChI=1S/C19H27N3O2/c1-3-22-10-18-16(13-23-12-15-5-6-15)8-21(11-19(18)20-22)9-17-7-4-14(2)24-17/h4,7,10,15-16H,3,5-6,8-9,11-13H2,1-2H3/t16-/m1/s1. The van der Waals surface area contributed by atoms with Crippen LogP contribution >= 0.6 is 0 Å². The molecule has 3 heterocycles. The van der Waals surface area contributed by atoms with Crippen molar-refractivity contribution in [1.29, 1.82) is 0 Å². The van der Waals surface area contributed by atoms with Gasteiger partial charge in [0.15, 0.2) is 0 Å².